The molecule has 0 aliphatic heterocycles. The van der Waals surface area contributed by atoms with E-state index in [0.29, 0.717) is 11.5 Å². The van der Waals surface area contributed by atoms with Crippen LogP contribution in [0.15, 0.2) is 18.2 Å². The van der Waals surface area contributed by atoms with Gasteiger partial charge in [-0.25, -0.2) is 0 Å². The van der Waals surface area contributed by atoms with Gasteiger partial charge in [0.05, 0.1) is 14.2 Å². The third kappa shape index (κ3) is 4.65. The summed E-state index contributed by atoms with van der Waals surface area (Å²) >= 11 is 0. The lowest BCUT2D eigenvalue weighted by Crippen LogP contribution is -2.36. The highest BCUT2D eigenvalue weighted by Gasteiger charge is 2.18. The smallest absolute Gasteiger partial charge is 0.244 e. The molecule has 0 spiro atoms. The van der Waals surface area contributed by atoms with Gasteiger partial charge in [-0.15, -0.1) is 0 Å². The Hall–Kier alpha value is -2.17. The van der Waals surface area contributed by atoms with E-state index in [0.717, 1.165) is 24.3 Å². The van der Waals surface area contributed by atoms with Crippen LogP contribution in [0.4, 0.5) is 0 Å². The normalized spacial score (nSPS) is 21.2. The van der Waals surface area contributed by atoms with E-state index in [1.807, 2.05) is 0 Å². The van der Waals surface area contributed by atoms with Crippen molar-refractivity contribution < 1.29 is 19.4 Å². The number of aromatic hydroxyl groups is 1. The fourth-order valence-corrected chi connectivity index (χ4v) is 2.84. The van der Waals surface area contributed by atoms with Gasteiger partial charge < -0.3 is 19.9 Å². The highest BCUT2D eigenvalue weighted by molar-refractivity contribution is 5.92. The van der Waals surface area contributed by atoms with Gasteiger partial charge in [-0.05, 0) is 55.4 Å². The minimum Gasteiger partial charge on any atom is -0.502 e. The van der Waals surface area contributed by atoms with Crippen LogP contribution in [0.2, 0.25) is 0 Å². The van der Waals surface area contributed by atoms with E-state index in [4.69, 9.17) is 9.47 Å². The Balaban J connectivity index is 2.00. The summed E-state index contributed by atoms with van der Waals surface area (Å²) in [6, 6.07) is 3.58. The van der Waals surface area contributed by atoms with Crippen molar-refractivity contribution in [3.05, 3.63) is 23.8 Å². The number of nitrogens with one attached hydrogen (secondary N) is 1. The molecule has 1 amide bonds. The fraction of sp³-hybridized carbons (Fsp3) is 0.500. The first-order chi connectivity index (χ1) is 11.0. The minimum atomic E-state index is -0.101. The zero-order valence-electron chi connectivity index (χ0n) is 14.0. The molecule has 1 aliphatic rings. The first-order valence-electron chi connectivity index (χ1n) is 7.97. The van der Waals surface area contributed by atoms with Gasteiger partial charge in [-0.3, -0.25) is 4.79 Å². The lowest BCUT2D eigenvalue weighted by Gasteiger charge is -2.26. The maximum atomic E-state index is 12.0. The molecule has 0 unspecified atom stereocenters. The third-order valence-corrected chi connectivity index (χ3v) is 4.29. The quantitative estimate of drug-likeness (QED) is 0.818. The Morgan fingerprint density at radius 2 is 1.74 bits per heavy atom. The number of rotatable bonds is 5. The fourth-order valence-electron chi connectivity index (χ4n) is 2.84. The average molecular weight is 319 g/mol. The number of benzene rings is 1. The molecule has 0 saturated heterocycles. The number of hydrogen-bond acceptors (Lipinski definition) is 4. The minimum absolute atomic E-state index is 0.0482. The molecule has 0 aromatic heterocycles. The molecular formula is C18H25NO4. The molecule has 126 valence electrons. The summed E-state index contributed by atoms with van der Waals surface area (Å²) in [4.78, 5) is 12.0. The Kier molecular flexibility index (Phi) is 5.90. The molecule has 1 aromatic rings. The summed E-state index contributed by atoms with van der Waals surface area (Å²) in [7, 11) is 2.94. The van der Waals surface area contributed by atoms with Crippen molar-refractivity contribution in [1.82, 2.24) is 5.32 Å². The van der Waals surface area contributed by atoms with Crippen LogP contribution in [-0.2, 0) is 4.79 Å². The molecule has 0 heterocycles. The van der Waals surface area contributed by atoms with Crippen LogP contribution in [0.5, 0.6) is 17.2 Å². The molecule has 2 N–H and O–H groups in total. The lowest BCUT2D eigenvalue weighted by atomic mass is 9.87. The van der Waals surface area contributed by atoms with Crippen molar-refractivity contribution in [2.45, 2.75) is 38.6 Å². The number of carbonyl (C=O) groups excluding carboxylic acids is 1. The molecule has 2 rings (SSSR count). The summed E-state index contributed by atoms with van der Waals surface area (Å²) in [6.45, 7) is 2.25. The molecule has 1 saturated carbocycles. The van der Waals surface area contributed by atoms with E-state index in [9.17, 15) is 9.90 Å². The Morgan fingerprint density at radius 3 is 2.26 bits per heavy atom. The van der Waals surface area contributed by atoms with Gasteiger partial charge in [0.15, 0.2) is 11.5 Å². The van der Waals surface area contributed by atoms with Crippen molar-refractivity contribution in [2.24, 2.45) is 5.92 Å². The highest BCUT2D eigenvalue weighted by Crippen LogP contribution is 2.37. The van der Waals surface area contributed by atoms with Gasteiger partial charge in [0.2, 0.25) is 11.7 Å². The maximum absolute atomic E-state index is 12.0. The first-order valence-corrected chi connectivity index (χ1v) is 7.97. The van der Waals surface area contributed by atoms with Crippen molar-refractivity contribution in [1.29, 1.82) is 0 Å². The zero-order valence-corrected chi connectivity index (χ0v) is 14.0. The number of methoxy groups -OCH3 is 2. The second-order valence-corrected chi connectivity index (χ2v) is 6.07. The molecule has 1 fully saturated rings. The summed E-state index contributed by atoms with van der Waals surface area (Å²) < 4.78 is 10.2. The second kappa shape index (κ2) is 7.90. The predicted molar refractivity (Wildman–Crippen MR) is 89.8 cm³/mol. The van der Waals surface area contributed by atoms with Gasteiger partial charge in [0, 0.05) is 12.1 Å². The van der Waals surface area contributed by atoms with E-state index >= 15 is 0 Å². The largest absolute Gasteiger partial charge is 0.502 e. The predicted octanol–water partition coefficient (Wildman–Crippen LogP) is 3.12. The van der Waals surface area contributed by atoms with E-state index in [2.05, 4.69) is 12.2 Å². The standard InChI is InChI=1S/C18H25NO4/c1-12-4-7-14(8-5-12)19-17(20)9-6-13-10-15(22-2)18(21)16(11-13)23-3/h6,9-12,14,21H,4-5,7-8H2,1-3H3,(H,19,20)/b9-6+. The zero-order chi connectivity index (χ0) is 16.8. The maximum Gasteiger partial charge on any atom is 0.244 e. The van der Waals surface area contributed by atoms with Gasteiger partial charge >= 0.3 is 0 Å². The van der Waals surface area contributed by atoms with Gasteiger partial charge in [0.25, 0.3) is 0 Å². The molecule has 23 heavy (non-hydrogen) atoms. The first kappa shape index (κ1) is 17.2. The van der Waals surface area contributed by atoms with Gasteiger partial charge in [0.1, 0.15) is 0 Å². The average Bonchev–Trinajstić information content (AvgIpc) is 2.56. The number of amides is 1. The topological polar surface area (TPSA) is 67.8 Å². The van der Waals surface area contributed by atoms with Gasteiger partial charge in [-0.1, -0.05) is 6.92 Å². The van der Waals surface area contributed by atoms with Crippen molar-refractivity contribution in [3.63, 3.8) is 0 Å². The van der Waals surface area contributed by atoms with Crippen molar-refractivity contribution in [2.75, 3.05) is 14.2 Å². The van der Waals surface area contributed by atoms with E-state index < -0.39 is 0 Å². The number of carbonyl (C=O) groups is 1. The van der Waals surface area contributed by atoms with Crippen LogP contribution in [-0.4, -0.2) is 31.3 Å². The Bertz CT molecular complexity index is 549. The van der Waals surface area contributed by atoms with Crippen LogP contribution in [0.3, 0.4) is 0 Å². The Morgan fingerprint density at radius 1 is 1.17 bits per heavy atom. The molecule has 5 heteroatoms. The van der Waals surface area contributed by atoms with Crippen LogP contribution in [0, 0.1) is 5.92 Å². The number of hydrogen-bond donors (Lipinski definition) is 2. The monoisotopic (exact) mass is 319 g/mol. The second-order valence-electron chi connectivity index (χ2n) is 6.07. The summed E-state index contributed by atoms with van der Waals surface area (Å²) in [5.74, 6) is 1.23. The molecule has 1 aliphatic carbocycles. The van der Waals surface area contributed by atoms with Gasteiger partial charge in [-0.2, -0.15) is 0 Å². The molecule has 1 aromatic carbocycles. The van der Waals surface area contributed by atoms with Crippen molar-refractivity contribution in [3.8, 4) is 17.2 Å². The SMILES string of the molecule is COc1cc(/C=C/C(=O)NC2CCC(C)CC2)cc(OC)c1O. The van der Waals surface area contributed by atoms with Crippen LogP contribution in [0.1, 0.15) is 38.2 Å². The Labute approximate surface area is 137 Å². The van der Waals surface area contributed by atoms with E-state index in [-0.39, 0.29) is 17.7 Å². The molecule has 0 bridgehead atoms. The van der Waals surface area contributed by atoms with Crippen LogP contribution >= 0.6 is 0 Å². The molecular weight excluding hydrogens is 294 g/mol. The van der Waals surface area contributed by atoms with E-state index in [1.165, 1.54) is 33.1 Å². The number of ether oxygens (including phenoxy) is 2. The summed E-state index contributed by atoms with van der Waals surface area (Å²) in [5, 5.41) is 12.9. The number of phenols is 1. The molecule has 0 atom stereocenters. The number of phenolic OH excluding ortho intramolecular Hbond substituents is 1. The van der Waals surface area contributed by atoms with Crippen LogP contribution < -0.4 is 14.8 Å². The van der Waals surface area contributed by atoms with Crippen molar-refractivity contribution >= 4 is 12.0 Å². The van der Waals surface area contributed by atoms with E-state index in [1.54, 1.807) is 18.2 Å². The molecule has 5 nitrogen and oxygen atoms in total. The summed E-state index contributed by atoms with van der Waals surface area (Å²) in [6.07, 6.45) is 7.61. The highest BCUT2D eigenvalue weighted by atomic mass is 16.5. The lowest BCUT2D eigenvalue weighted by molar-refractivity contribution is -0.117. The summed E-state index contributed by atoms with van der Waals surface area (Å²) in [5.41, 5.74) is 0.726. The third-order valence-electron chi connectivity index (χ3n) is 4.29. The molecule has 0 radical (unpaired) electrons. The van der Waals surface area contributed by atoms with Crippen LogP contribution in [0.25, 0.3) is 6.08 Å².